The number of aromatic nitrogens is 3. The van der Waals surface area contributed by atoms with Crippen molar-refractivity contribution in [3.05, 3.63) is 162 Å². The molecule has 0 bridgehead atoms. The Morgan fingerprint density at radius 1 is 0.462 bits per heavy atom. The molecule has 0 saturated carbocycles. The summed E-state index contributed by atoms with van der Waals surface area (Å²) in [7, 11) is 0. The van der Waals surface area contributed by atoms with E-state index in [2.05, 4.69) is 127 Å². The highest BCUT2D eigenvalue weighted by Crippen LogP contribution is 2.42. The summed E-state index contributed by atoms with van der Waals surface area (Å²) in [6.45, 7) is 0. The molecule has 1 aliphatic carbocycles. The van der Waals surface area contributed by atoms with Crippen LogP contribution in [0.25, 0.3) is 100 Å². The quantitative estimate of drug-likeness (QED) is 0.187. The SMILES string of the molecule is C1=c2oc3ccccc3c2=C(c2ccc3oc4ccccc4c3c2-c2nc(-c3ccc4ccccc4c3)nc(-c3ccc4ccccc4c3)n2)CC1. The fourth-order valence-electron chi connectivity index (χ4n) is 7.96. The second-order valence-corrected chi connectivity index (χ2v) is 13.4. The highest BCUT2D eigenvalue weighted by atomic mass is 16.3. The van der Waals surface area contributed by atoms with E-state index in [0.29, 0.717) is 17.5 Å². The van der Waals surface area contributed by atoms with Gasteiger partial charge in [0.1, 0.15) is 22.2 Å². The van der Waals surface area contributed by atoms with E-state index in [1.54, 1.807) is 0 Å². The average Bonchev–Trinajstić information content (AvgIpc) is 3.79. The normalized spacial score (nSPS) is 13.0. The van der Waals surface area contributed by atoms with Crippen LogP contribution in [0.1, 0.15) is 18.4 Å². The Labute approximate surface area is 297 Å². The van der Waals surface area contributed by atoms with Gasteiger partial charge in [0.2, 0.25) is 0 Å². The van der Waals surface area contributed by atoms with Gasteiger partial charge in [0.15, 0.2) is 17.5 Å². The zero-order chi connectivity index (χ0) is 34.2. The number of benzene rings is 7. The molecule has 244 valence electrons. The maximum atomic E-state index is 6.50. The number of fused-ring (bicyclic) bond motifs is 8. The maximum Gasteiger partial charge on any atom is 0.165 e. The van der Waals surface area contributed by atoms with Crippen LogP contribution >= 0.6 is 0 Å². The topological polar surface area (TPSA) is 65.0 Å². The van der Waals surface area contributed by atoms with Gasteiger partial charge in [0.25, 0.3) is 0 Å². The summed E-state index contributed by atoms with van der Waals surface area (Å²) in [5, 5.41) is 8.85. The van der Waals surface area contributed by atoms with Crippen molar-refractivity contribution >= 4 is 66.1 Å². The maximum absolute atomic E-state index is 6.50. The number of nitrogens with zero attached hydrogens (tertiary/aromatic N) is 3. The van der Waals surface area contributed by atoms with E-state index in [-0.39, 0.29) is 0 Å². The molecule has 1 aliphatic rings. The van der Waals surface area contributed by atoms with Gasteiger partial charge in [-0.25, -0.2) is 15.0 Å². The lowest BCUT2D eigenvalue weighted by Gasteiger charge is -2.16. The van der Waals surface area contributed by atoms with Crippen LogP contribution < -0.4 is 10.6 Å². The molecule has 3 heterocycles. The van der Waals surface area contributed by atoms with Crippen LogP contribution in [0, 0.1) is 0 Å². The summed E-state index contributed by atoms with van der Waals surface area (Å²) in [5.41, 5.74) is 8.49. The molecule has 7 aromatic carbocycles. The first-order chi connectivity index (χ1) is 25.7. The molecular weight excluding hydrogens is 639 g/mol. The standard InChI is InChI=1S/C47H29N3O2/c1-3-12-30-26-32(22-20-28(30)10-1)45-48-46(33-23-21-29-11-2-4-13-31(29)27-33)50-47(49-45)44-35(24-25-41-43(44)37-15-6-8-18-39(37)52-41)34-16-9-19-40-42(34)36-14-5-7-17-38(36)51-40/h1-8,10-15,17-27H,9,16H2. The second-order valence-electron chi connectivity index (χ2n) is 13.4. The van der Waals surface area contributed by atoms with E-state index < -0.39 is 0 Å². The zero-order valence-electron chi connectivity index (χ0n) is 28.0. The number of hydrogen-bond donors (Lipinski definition) is 0. The predicted octanol–water partition coefficient (Wildman–Crippen LogP) is 10.6. The largest absolute Gasteiger partial charge is 0.456 e. The summed E-state index contributed by atoms with van der Waals surface area (Å²) in [4.78, 5) is 15.9. The summed E-state index contributed by atoms with van der Waals surface area (Å²) in [6, 6.07) is 50.4. The van der Waals surface area contributed by atoms with Crippen LogP contribution in [-0.4, -0.2) is 15.0 Å². The van der Waals surface area contributed by atoms with Crippen molar-refractivity contribution < 1.29 is 8.83 Å². The van der Waals surface area contributed by atoms with Gasteiger partial charge in [-0.3, -0.25) is 0 Å². The van der Waals surface area contributed by atoms with Crippen molar-refractivity contribution in [2.45, 2.75) is 12.8 Å². The van der Waals surface area contributed by atoms with Crippen LogP contribution in [0.2, 0.25) is 0 Å². The first kappa shape index (κ1) is 28.9. The molecule has 11 rings (SSSR count). The molecule has 5 nitrogen and oxygen atoms in total. The molecule has 0 aliphatic heterocycles. The second kappa shape index (κ2) is 11.3. The van der Waals surface area contributed by atoms with Crippen molar-refractivity contribution in [1.29, 1.82) is 0 Å². The van der Waals surface area contributed by atoms with Gasteiger partial charge in [-0.15, -0.1) is 0 Å². The Morgan fingerprint density at radius 2 is 1.04 bits per heavy atom. The molecule has 0 radical (unpaired) electrons. The molecule has 0 saturated heterocycles. The number of para-hydroxylation sites is 2. The Bertz CT molecular complexity index is 3110. The third-order valence-electron chi connectivity index (χ3n) is 10.4. The molecule has 10 aromatic rings. The first-order valence-corrected chi connectivity index (χ1v) is 17.7. The van der Waals surface area contributed by atoms with Gasteiger partial charge >= 0.3 is 0 Å². The van der Waals surface area contributed by atoms with E-state index in [1.165, 1.54) is 16.3 Å². The number of hydrogen-bond acceptors (Lipinski definition) is 5. The lowest BCUT2D eigenvalue weighted by atomic mass is 9.89. The van der Waals surface area contributed by atoms with E-state index in [0.717, 1.165) is 89.4 Å². The molecule has 0 unspecified atom stereocenters. The third-order valence-corrected chi connectivity index (χ3v) is 10.4. The summed E-state index contributed by atoms with van der Waals surface area (Å²) in [5.74, 6) is 1.84. The van der Waals surface area contributed by atoms with Gasteiger partial charge in [-0.05, 0) is 81.9 Å². The molecule has 5 heteroatoms. The van der Waals surface area contributed by atoms with E-state index in [4.69, 9.17) is 23.8 Å². The molecule has 0 atom stereocenters. The summed E-state index contributed by atoms with van der Waals surface area (Å²) < 4.78 is 12.9. The van der Waals surface area contributed by atoms with Crippen molar-refractivity contribution in [3.63, 3.8) is 0 Å². The molecular formula is C47H29N3O2. The lowest BCUT2D eigenvalue weighted by molar-refractivity contribution is 0.571. The highest BCUT2D eigenvalue weighted by Gasteiger charge is 2.25. The van der Waals surface area contributed by atoms with E-state index >= 15 is 0 Å². The minimum absolute atomic E-state index is 0.602. The van der Waals surface area contributed by atoms with Crippen molar-refractivity contribution in [2.24, 2.45) is 0 Å². The van der Waals surface area contributed by atoms with Gasteiger partial charge in [0.05, 0.1) is 0 Å². The van der Waals surface area contributed by atoms with Gasteiger partial charge in [0, 0.05) is 38.1 Å². The Kier molecular flexibility index (Phi) is 6.31. The smallest absolute Gasteiger partial charge is 0.165 e. The average molecular weight is 668 g/mol. The van der Waals surface area contributed by atoms with E-state index in [9.17, 15) is 0 Å². The van der Waals surface area contributed by atoms with Crippen molar-refractivity contribution in [2.75, 3.05) is 0 Å². The minimum atomic E-state index is 0.602. The fraction of sp³-hybridized carbons (Fsp3) is 0.0426. The molecule has 0 fully saturated rings. The lowest BCUT2D eigenvalue weighted by Crippen LogP contribution is -2.26. The molecule has 0 amide bonds. The van der Waals surface area contributed by atoms with Crippen molar-refractivity contribution in [1.82, 2.24) is 15.0 Å². The Hall–Kier alpha value is -6.85. The minimum Gasteiger partial charge on any atom is -0.456 e. The van der Waals surface area contributed by atoms with Crippen LogP contribution in [0.5, 0.6) is 0 Å². The van der Waals surface area contributed by atoms with Crippen molar-refractivity contribution in [3.8, 4) is 34.2 Å². The zero-order valence-corrected chi connectivity index (χ0v) is 28.0. The third kappa shape index (κ3) is 4.53. The molecule has 0 N–H and O–H groups in total. The first-order valence-electron chi connectivity index (χ1n) is 17.7. The van der Waals surface area contributed by atoms with Crippen LogP contribution in [-0.2, 0) is 0 Å². The Balaban J connectivity index is 1.27. The molecule has 52 heavy (non-hydrogen) atoms. The van der Waals surface area contributed by atoms with E-state index in [1.807, 2.05) is 24.3 Å². The predicted molar refractivity (Wildman–Crippen MR) is 210 cm³/mol. The van der Waals surface area contributed by atoms with Gasteiger partial charge in [-0.1, -0.05) is 115 Å². The molecule has 0 spiro atoms. The number of rotatable bonds is 4. The van der Waals surface area contributed by atoms with Crippen LogP contribution in [0.15, 0.2) is 154 Å². The molecule has 3 aromatic heterocycles. The van der Waals surface area contributed by atoms with Gasteiger partial charge < -0.3 is 8.83 Å². The highest BCUT2D eigenvalue weighted by molar-refractivity contribution is 6.14. The Morgan fingerprint density at radius 3 is 1.73 bits per heavy atom. The summed E-state index contributed by atoms with van der Waals surface area (Å²) >= 11 is 0. The number of furan rings is 2. The van der Waals surface area contributed by atoms with Gasteiger partial charge in [-0.2, -0.15) is 0 Å². The van der Waals surface area contributed by atoms with Crippen LogP contribution in [0.4, 0.5) is 0 Å². The summed E-state index contributed by atoms with van der Waals surface area (Å²) in [6.07, 6.45) is 3.93. The fourth-order valence-corrected chi connectivity index (χ4v) is 7.96. The van der Waals surface area contributed by atoms with Crippen LogP contribution in [0.3, 0.4) is 0 Å². The monoisotopic (exact) mass is 667 g/mol.